The molecule has 178 valence electrons. The van der Waals surface area contributed by atoms with Crippen LogP contribution in [0.1, 0.15) is 62.3 Å². The number of nitrogens with zero attached hydrogens (tertiary/aromatic N) is 5. The van der Waals surface area contributed by atoms with Crippen LogP contribution in [0.2, 0.25) is 0 Å². The fraction of sp³-hybridized carbons (Fsp3) is 0.556. The minimum atomic E-state index is 0.216. The molecule has 7 heteroatoms. The zero-order chi connectivity index (χ0) is 22.7. The van der Waals surface area contributed by atoms with E-state index in [0.717, 1.165) is 86.6 Å². The SMILES string of the molecule is c1cnc2c(OC3CCC(Cc4ccc(C5CCC5)nn4)CC3)cc(N3CCOCC3)cc2n1. The molecule has 0 spiro atoms. The van der Waals surface area contributed by atoms with E-state index in [9.17, 15) is 0 Å². The molecule has 1 aliphatic heterocycles. The molecule has 34 heavy (non-hydrogen) atoms. The van der Waals surface area contributed by atoms with Gasteiger partial charge in [0, 0.05) is 43.2 Å². The summed E-state index contributed by atoms with van der Waals surface area (Å²) >= 11 is 0. The average molecular weight is 460 g/mol. The lowest BCUT2D eigenvalue weighted by Gasteiger charge is -2.31. The van der Waals surface area contributed by atoms with Gasteiger partial charge in [-0.05, 0) is 69.1 Å². The number of rotatable bonds is 6. The first-order chi connectivity index (χ1) is 16.8. The van der Waals surface area contributed by atoms with E-state index in [1.54, 1.807) is 12.4 Å². The van der Waals surface area contributed by atoms with Gasteiger partial charge in [-0.25, -0.2) is 4.98 Å². The van der Waals surface area contributed by atoms with E-state index in [2.05, 4.69) is 49.3 Å². The molecule has 2 aliphatic carbocycles. The summed E-state index contributed by atoms with van der Waals surface area (Å²) in [6.45, 7) is 3.29. The van der Waals surface area contributed by atoms with E-state index in [-0.39, 0.29) is 6.10 Å². The molecule has 1 aromatic carbocycles. The minimum absolute atomic E-state index is 0.216. The summed E-state index contributed by atoms with van der Waals surface area (Å²) < 4.78 is 12.1. The quantitative estimate of drug-likeness (QED) is 0.529. The second-order valence-electron chi connectivity index (χ2n) is 10.0. The first kappa shape index (κ1) is 21.7. The summed E-state index contributed by atoms with van der Waals surface area (Å²) in [5, 5.41) is 9.05. The van der Waals surface area contributed by atoms with Gasteiger partial charge < -0.3 is 14.4 Å². The van der Waals surface area contributed by atoms with Crippen molar-refractivity contribution in [3.8, 4) is 5.75 Å². The zero-order valence-corrected chi connectivity index (χ0v) is 19.7. The van der Waals surface area contributed by atoms with Crippen molar-refractivity contribution < 1.29 is 9.47 Å². The summed E-state index contributed by atoms with van der Waals surface area (Å²) in [5.74, 6) is 2.16. The van der Waals surface area contributed by atoms with E-state index in [1.807, 2.05) is 0 Å². The van der Waals surface area contributed by atoms with Crippen LogP contribution in [0.4, 0.5) is 5.69 Å². The van der Waals surface area contributed by atoms with Gasteiger partial charge in [0.1, 0.15) is 11.3 Å². The molecule has 1 saturated heterocycles. The van der Waals surface area contributed by atoms with Gasteiger partial charge in [-0.3, -0.25) is 4.98 Å². The van der Waals surface area contributed by atoms with E-state index in [4.69, 9.17) is 9.47 Å². The van der Waals surface area contributed by atoms with Crippen molar-refractivity contribution in [3.63, 3.8) is 0 Å². The molecule has 0 N–H and O–H groups in total. The summed E-state index contributed by atoms with van der Waals surface area (Å²) in [4.78, 5) is 11.5. The molecule has 2 saturated carbocycles. The number of anilines is 1. The van der Waals surface area contributed by atoms with Crippen LogP contribution in [0.5, 0.6) is 5.75 Å². The van der Waals surface area contributed by atoms with Crippen molar-refractivity contribution >= 4 is 16.7 Å². The maximum Gasteiger partial charge on any atom is 0.149 e. The summed E-state index contributed by atoms with van der Waals surface area (Å²) in [7, 11) is 0. The van der Waals surface area contributed by atoms with Crippen LogP contribution in [-0.2, 0) is 11.2 Å². The highest BCUT2D eigenvalue weighted by Gasteiger charge is 2.25. The Labute approximate surface area is 200 Å². The molecule has 3 aliphatic rings. The van der Waals surface area contributed by atoms with Crippen molar-refractivity contribution in [1.82, 2.24) is 20.2 Å². The molecule has 0 bridgehead atoms. The zero-order valence-electron chi connectivity index (χ0n) is 19.7. The number of morpholine rings is 1. The van der Waals surface area contributed by atoms with Crippen LogP contribution in [0.25, 0.3) is 11.0 Å². The second-order valence-corrected chi connectivity index (χ2v) is 10.0. The van der Waals surface area contributed by atoms with Crippen LogP contribution in [0, 0.1) is 5.92 Å². The number of hydrogen-bond acceptors (Lipinski definition) is 7. The summed E-state index contributed by atoms with van der Waals surface area (Å²) in [6.07, 6.45) is 13.0. The maximum atomic E-state index is 6.57. The highest BCUT2D eigenvalue weighted by molar-refractivity contribution is 5.85. The largest absolute Gasteiger partial charge is 0.488 e. The molecular weight excluding hydrogens is 426 g/mol. The fourth-order valence-corrected chi connectivity index (χ4v) is 5.45. The predicted octanol–water partition coefficient (Wildman–Crippen LogP) is 4.70. The Morgan fingerprint density at radius 1 is 0.912 bits per heavy atom. The highest BCUT2D eigenvalue weighted by atomic mass is 16.5. The molecule has 3 fully saturated rings. The Morgan fingerprint density at radius 2 is 1.74 bits per heavy atom. The van der Waals surface area contributed by atoms with Crippen LogP contribution < -0.4 is 9.64 Å². The lowest BCUT2D eigenvalue weighted by molar-refractivity contribution is 0.122. The van der Waals surface area contributed by atoms with Crippen molar-refractivity contribution in [2.45, 2.75) is 63.4 Å². The standard InChI is InChI=1S/C27H33N5O2/c1-2-20(3-1)24-9-6-21(30-31-24)16-19-4-7-23(8-5-19)34-26-18-22(32-12-14-33-15-13-32)17-25-27(26)29-11-10-28-25/h6,9-11,17-20,23H,1-5,7-8,12-16H2. The average Bonchev–Trinajstić information content (AvgIpc) is 2.86. The molecule has 3 heterocycles. The Bertz CT molecular complexity index is 1100. The van der Waals surface area contributed by atoms with Gasteiger partial charge >= 0.3 is 0 Å². The molecular formula is C27H33N5O2. The molecule has 0 amide bonds. The van der Waals surface area contributed by atoms with Gasteiger partial charge in [-0.2, -0.15) is 10.2 Å². The monoisotopic (exact) mass is 459 g/mol. The third-order valence-corrected chi connectivity index (χ3v) is 7.75. The van der Waals surface area contributed by atoms with Gasteiger partial charge in [0.15, 0.2) is 0 Å². The predicted molar refractivity (Wildman–Crippen MR) is 131 cm³/mol. The molecule has 0 atom stereocenters. The van der Waals surface area contributed by atoms with E-state index < -0.39 is 0 Å². The van der Waals surface area contributed by atoms with E-state index in [0.29, 0.717) is 11.8 Å². The molecule has 3 aromatic rings. The van der Waals surface area contributed by atoms with Gasteiger partial charge in [-0.15, -0.1) is 0 Å². The number of fused-ring (bicyclic) bond motifs is 1. The number of aromatic nitrogens is 4. The number of ether oxygens (including phenoxy) is 2. The lowest BCUT2D eigenvalue weighted by atomic mass is 9.82. The Balaban J connectivity index is 1.09. The first-order valence-electron chi connectivity index (χ1n) is 12.9. The van der Waals surface area contributed by atoms with Gasteiger partial charge in [0.05, 0.1) is 36.2 Å². The topological polar surface area (TPSA) is 73.3 Å². The van der Waals surface area contributed by atoms with Gasteiger partial charge in [0.2, 0.25) is 0 Å². The van der Waals surface area contributed by atoms with E-state index in [1.165, 1.54) is 25.0 Å². The van der Waals surface area contributed by atoms with Crippen LogP contribution in [-0.4, -0.2) is 52.6 Å². The van der Waals surface area contributed by atoms with Crippen LogP contribution in [0.15, 0.2) is 36.7 Å². The maximum absolute atomic E-state index is 6.57. The smallest absolute Gasteiger partial charge is 0.149 e. The Kier molecular flexibility index (Phi) is 6.27. The molecule has 7 nitrogen and oxygen atoms in total. The number of hydrogen-bond donors (Lipinski definition) is 0. The molecule has 6 rings (SSSR count). The van der Waals surface area contributed by atoms with Gasteiger partial charge in [-0.1, -0.05) is 6.42 Å². The normalized spacial score (nSPS) is 23.6. The minimum Gasteiger partial charge on any atom is -0.488 e. The van der Waals surface area contributed by atoms with E-state index >= 15 is 0 Å². The third-order valence-electron chi connectivity index (χ3n) is 7.75. The molecule has 2 aromatic heterocycles. The molecule has 0 unspecified atom stereocenters. The fourth-order valence-electron chi connectivity index (χ4n) is 5.45. The van der Waals surface area contributed by atoms with Gasteiger partial charge in [0.25, 0.3) is 0 Å². The third kappa shape index (κ3) is 4.71. The van der Waals surface area contributed by atoms with Crippen LogP contribution >= 0.6 is 0 Å². The van der Waals surface area contributed by atoms with Crippen molar-refractivity contribution in [1.29, 1.82) is 0 Å². The molecule has 0 radical (unpaired) electrons. The summed E-state index contributed by atoms with van der Waals surface area (Å²) in [5.41, 5.74) is 5.19. The summed E-state index contributed by atoms with van der Waals surface area (Å²) in [6, 6.07) is 8.67. The second kappa shape index (κ2) is 9.82. The number of benzene rings is 1. The Morgan fingerprint density at radius 3 is 2.47 bits per heavy atom. The van der Waals surface area contributed by atoms with Crippen molar-refractivity contribution in [2.24, 2.45) is 5.92 Å². The van der Waals surface area contributed by atoms with Crippen molar-refractivity contribution in [3.05, 3.63) is 48.0 Å². The first-order valence-corrected chi connectivity index (χ1v) is 12.9. The lowest BCUT2D eigenvalue weighted by Crippen LogP contribution is -2.36. The Hall–Kier alpha value is -2.80. The van der Waals surface area contributed by atoms with Crippen molar-refractivity contribution in [2.75, 3.05) is 31.2 Å². The van der Waals surface area contributed by atoms with Crippen LogP contribution in [0.3, 0.4) is 0 Å². The highest BCUT2D eigenvalue weighted by Crippen LogP contribution is 2.36.